The Kier molecular flexibility index (Phi) is 3.96. The maximum Gasteiger partial charge on any atom is 0.144 e. The standard InChI is InChI=1S/C13H15N3O2/c1-17-11-4-3-10(12(7-11)18-2)8-16-13-9-14-5-6-15-13/h3-7,9H,8H2,1-2H3,(H,15,16). The van der Waals surface area contributed by atoms with Crippen molar-refractivity contribution in [1.29, 1.82) is 0 Å². The number of ether oxygens (including phenoxy) is 2. The second-order valence-electron chi connectivity index (χ2n) is 3.62. The van der Waals surface area contributed by atoms with Crippen LogP contribution in [0.1, 0.15) is 5.56 Å². The SMILES string of the molecule is COc1ccc(CNc2cnccn2)c(OC)c1. The van der Waals surface area contributed by atoms with Crippen molar-refractivity contribution in [2.45, 2.75) is 6.54 Å². The molecular formula is C13H15N3O2. The zero-order valence-electron chi connectivity index (χ0n) is 10.4. The maximum atomic E-state index is 5.32. The number of nitrogens with one attached hydrogen (secondary N) is 1. The quantitative estimate of drug-likeness (QED) is 0.874. The molecule has 5 nitrogen and oxygen atoms in total. The average molecular weight is 245 g/mol. The fourth-order valence-corrected chi connectivity index (χ4v) is 1.57. The third-order valence-corrected chi connectivity index (χ3v) is 2.52. The lowest BCUT2D eigenvalue weighted by Gasteiger charge is -2.11. The van der Waals surface area contributed by atoms with Gasteiger partial charge in [-0.15, -0.1) is 0 Å². The van der Waals surface area contributed by atoms with E-state index in [-0.39, 0.29) is 0 Å². The predicted molar refractivity (Wildman–Crippen MR) is 68.9 cm³/mol. The first-order valence-corrected chi connectivity index (χ1v) is 5.54. The Morgan fingerprint density at radius 3 is 2.72 bits per heavy atom. The van der Waals surface area contributed by atoms with Crippen molar-refractivity contribution in [2.24, 2.45) is 0 Å². The summed E-state index contributed by atoms with van der Waals surface area (Å²) in [6.45, 7) is 0.617. The van der Waals surface area contributed by atoms with Crippen LogP contribution in [0.25, 0.3) is 0 Å². The molecule has 0 amide bonds. The van der Waals surface area contributed by atoms with E-state index in [1.807, 2.05) is 18.2 Å². The average Bonchev–Trinajstić information content (AvgIpc) is 2.46. The van der Waals surface area contributed by atoms with Crippen LogP contribution in [0.3, 0.4) is 0 Å². The molecule has 0 saturated carbocycles. The Bertz CT molecular complexity index is 503. The van der Waals surface area contributed by atoms with E-state index in [0.717, 1.165) is 22.9 Å². The first-order chi connectivity index (χ1) is 8.83. The molecule has 0 aliphatic rings. The van der Waals surface area contributed by atoms with Gasteiger partial charge in [0.15, 0.2) is 0 Å². The van der Waals surface area contributed by atoms with E-state index in [1.165, 1.54) is 0 Å². The van der Waals surface area contributed by atoms with Crippen LogP contribution >= 0.6 is 0 Å². The normalized spacial score (nSPS) is 9.89. The van der Waals surface area contributed by atoms with Gasteiger partial charge in [-0.05, 0) is 12.1 Å². The Morgan fingerprint density at radius 1 is 1.17 bits per heavy atom. The van der Waals surface area contributed by atoms with E-state index in [2.05, 4.69) is 15.3 Å². The van der Waals surface area contributed by atoms with E-state index < -0.39 is 0 Å². The molecule has 1 heterocycles. The van der Waals surface area contributed by atoms with Crippen molar-refractivity contribution in [3.05, 3.63) is 42.4 Å². The van der Waals surface area contributed by atoms with Gasteiger partial charge in [0, 0.05) is 30.6 Å². The lowest BCUT2D eigenvalue weighted by Crippen LogP contribution is -2.03. The topological polar surface area (TPSA) is 56.3 Å². The van der Waals surface area contributed by atoms with Gasteiger partial charge < -0.3 is 14.8 Å². The first kappa shape index (κ1) is 12.2. The molecule has 0 saturated heterocycles. The van der Waals surface area contributed by atoms with Gasteiger partial charge in [0.05, 0.1) is 20.4 Å². The Labute approximate surface area is 106 Å². The van der Waals surface area contributed by atoms with Gasteiger partial charge in [-0.25, -0.2) is 4.98 Å². The van der Waals surface area contributed by atoms with Gasteiger partial charge in [0.2, 0.25) is 0 Å². The highest BCUT2D eigenvalue weighted by Gasteiger charge is 2.05. The number of methoxy groups -OCH3 is 2. The van der Waals surface area contributed by atoms with E-state index >= 15 is 0 Å². The minimum Gasteiger partial charge on any atom is -0.497 e. The fraction of sp³-hybridized carbons (Fsp3) is 0.231. The van der Waals surface area contributed by atoms with Gasteiger partial charge in [0.1, 0.15) is 17.3 Å². The molecule has 2 rings (SSSR count). The van der Waals surface area contributed by atoms with Gasteiger partial charge in [0.25, 0.3) is 0 Å². The Balaban J connectivity index is 2.09. The van der Waals surface area contributed by atoms with Gasteiger partial charge in [-0.1, -0.05) is 0 Å². The summed E-state index contributed by atoms with van der Waals surface area (Å²) in [4.78, 5) is 8.13. The van der Waals surface area contributed by atoms with Crippen molar-refractivity contribution in [2.75, 3.05) is 19.5 Å². The van der Waals surface area contributed by atoms with E-state index in [0.29, 0.717) is 6.54 Å². The molecule has 0 unspecified atom stereocenters. The highest BCUT2D eigenvalue weighted by Crippen LogP contribution is 2.24. The first-order valence-electron chi connectivity index (χ1n) is 5.54. The smallest absolute Gasteiger partial charge is 0.144 e. The third-order valence-electron chi connectivity index (χ3n) is 2.52. The molecule has 1 aromatic heterocycles. The summed E-state index contributed by atoms with van der Waals surface area (Å²) in [7, 11) is 3.27. The summed E-state index contributed by atoms with van der Waals surface area (Å²) in [5.74, 6) is 2.29. The molecule has 5 heteroatoms. The molecule has 0 fully saturated rings. The monoisotopic (exact) mass is 245 g/mol. The van der Waals surface area contributed by atoms with Crippen LogP contribution in [-0.4, -0.2) is 24.2 Å². The van der Waals surface area contributed by atoms with Crippen molar-refractivity contribution in [3.8, 4) is 11.5 Å². The van der Waals surface area contributed by atoms with Crippen LogP contribution in [0, 0.1) is 0 Å². The second kappa shape index (κ2) is 5.86. The number of hydrogen-bond donors (Lipinski definition) is 1. The summed E-state index contributed by atoms with van der Waals surface area (Å²) in [5, 5.41) is 3.18. The molecule has 1 aromatic carbocycles. The lowest BCUT2D eigenvalue weighted by molar-refractivity contribution is 0.391. The van der Waals surface area contributed by atoms with Gasteiger partial charge in [-0.2, -0.15) is 0 Å². The summed E-state index contributed by atoms with van der Waals surface area (Å²) >= 11 is 0. The molecule has 0 radical (unpaired) electrons. The van der Waals surface area contributed by atoms with Crippen molar-refractivity contribution >= 4 is 5.82 Å². The van der Waals surface area contributed by atoms with E-state index in [1.54, 1.807) is 32.8 Å². The molecule has 0 aliphatic carbocycles. The van der Waals surface area contributed by atoms with Crippen molar-refractivity contribution in [3.63, 3.8) is 0 Å². The Morgan fingerprint density at radius 2 is 2.06 bits per heavy atom. The minimum absolute atomic E-state index is 0.617. The molecule has 1 N–H and O–H groups in total. The number of hydrogen-bond acceptors (Lipinski definition) is 5. The fourth-order valence-electron chi connectivity index (χ4n) is 1.57. The molecule has 0 bridgehead atoms. The summed E-state index contributed by atoms with van der Waals surface area (Å²) in [5.41, 5.74) is 1.03. The molecule has 18 heavy (non-hydrogen) atoms. The van der Waals surface area contributed by atoms with Crippen LogP contribution in [0.2, 0.25) is 0 Å². The van der Waals surface area contributed by atoms with Gasteiger partial charge >= 0.3 is 0 Å². The van der Waals surface area contributed by atoms with Crippen LogP contribution in [-0.2, 0) is 6.54 Å². The Hall–Kier alpha value is -2.30. The third kappa shape index (κ3) is 2.88. The number of rotatable bonds is 5. The summed E-state index contributed by atoms with van der Waals surface area (Å²) < 4.78 is 10.5. The van der Waals surface area contributed by atoms with E-state index in [9.17, 15) is 0 Å². The number of benzene rings is 1. The zero-order valence-corrected chi connectivity index (χ0v) is 10.4. The zero-order chi connectivity index (χ0) is 12.8. The number of aromatic nitrogens is 2. The predicted octanol–water partition coefficient (Wildman–Crippen LogP) is 2.11. The van der Waals surface area contributed by atoms with Crippen molar-refractivity contribution < 1.29 is 9.47 Å². The van der Waals surface area contributed by atoms with Crippen LogP contribution in [0.15, 0.2) is 36.8 Å². The highest BCUT2D eigenvalue weighted by atomic mass is 16.5. The summed E-state index contributed by atoms with van der Waals surface area (Å²) in [6.07, 6.45) is 4.96. The number of nitrogens with zero attached hydrogens (tertiary/aromatic N) is 2. The lowest BCUT2D eigenvalue weighted by atomic mass is 10.2. The van der Waals surface area contributed by atoms with Crippen LogP contribution in [0.4, 0.5) is 5.82 Å². The maximum absolute atomic E-state index is 5.32. The molecule has 0 atom stereocenters. The minimum atomic E-state index is 0.617. The largest absolute Gasteiger partial charge is 0.497 e. The summed E-state index contributed by atoms with van der Waals surface area (Å²) in [6, 6.07) is 5.71. The van der Waals surface area contributed by atoms with E-state index in [4.69, 9.17) is 9.47 Å². The molecule has 0 spiro atoms. The van der Waals surface area contributed by atoms with Gasteiger partial charge in [-0.3, -0.25) is 4.98 Å². The van der Waals surface area contributed by atoms with Crippen molar-refractivity contribution in [1.82, 2.24) is 9.97 Å². The molecule has 2 aromatic rings. The molecule has 0 aliphatic heterocycles. The second-order valence-corrected chi connectivity index (χ2v) is 3.62. The van der Waals surface area contributed by atoms with Crippen LogP contribution < -0.4 is 14.8 Å². The molecular weight excluding hydrogens is 230 g/mol. The van der Waals surface area contributed by atoms with Crippen LogP contribution in [0.5, 0.6) is 11.5 Å². The molecule has 94 valence electrons. The number of anilines is 1. The highest BCUT2D eigenvalue weighted by molar-refractivity contribution is 5.43.